The Morgan fingerprint density at radius 1 is 1.53 bits per heavy atom. The fourth-order valence-corrected chi connectivity index (χ4v) is 2.27. The van der Waals surface area contributed by atoms with Crippen LogP contribution in [-0.4, -0.2) is 34.0 Å². The summed E-state index contributed by atoms with van der Waals surface area (Å²) in [6.07, 6.45) is 3.64. The van der Waals surface area contributed by atoms with Crippen molar-refractivity contribution in [2.45, 2.75) is 25.5 Å². The van der Waals surface area contributed by atoms with Crippen LogP contribution in [0.15, 0.2) is 24.5 Å². The second kappa shape index (κ2) is 4.38. The first kappa shape index (κ1) is 11.7. The van der Waals surface area contributed by atoms with Crippen LogP contribution in [0.5, 0.6) is 0 Å². The Kier molecular flexibility index (Phi) is 2.70. The van der Waals surface area contributed by atoms with Gasteiger partial charge < -0.3 is 15.0 Å². The highest BCUT2D eigenvalue weighted by atomic mass is 16.6. The van der Waals surface area contributed by atoms with Crippen LogP contribution >= 0.6 is 0 Å². The highest BCUT2D eigenvalue weighted by molar-refractivity contribution is 6.06. The summed E-state index contributed by atoms with van der Waals surface area (Å²) in [4.78, 5) is 30.8. The van der Waals surface area contributed by atoms with E-state index in [1.54, 1.807) is 31.5 Å². The summed E-state index contributed by atoms with van der Waals surface area (Å²) in [5.74, 6) is -0.664. The van der Waals surface area contributed by atoms with Crippen LogP contribution in [0.3, 0.4) is 0 Å². The Hall–Kier alpha value is -2.37. The summed E-state index contributed by atoms with van der Waals surface area (Å²) in [6.45, 7) is 1.81. The fraction of sp³-hybridized carbons (Fsp3) is 0.308. The van der Waals surface area contributed by atoms with E-state index in [-0.39, 0.29) is 18.0 Å². The average Bonchev–Trinajstić information content (AvgIpc) is 2.95. The molecule has 0 aromatic carbocycles. The highest BCUT2D eigenvalue weighted by Gasteiger charge is 2.33. The Bertz CT molecular complexity index is 649. The molecule has 0 spiro atoms. The number of amides is 1. The van der Waals surface area contributed by atoms with Gasteiger partial charge in [0.1, 0.15) is 17.8 Å². The van der Waals surface area contributed by atoms with E-state index in [1.807, 2.05) is 0 Å². The number of hydrogen-bond acceptors (Lipinski definition) is 4. The maximum Gasteiger partial charge on any atom is 0.329 e. The molecule has 1 fully saturated rings. The molecule has 2 aromatic rings. The van der Waals surface area contributed by atoms with Crippen molar-refractivity contribution in [3.63, 3.8) is 0 Å². The molecule has 2 atom stereocenters. The van der Waals surface area contributed by atoms with E-state index in [0.717, 1.165) is 5.39 Å². The van der Waals surface area contributed by atoms with Crippen molar-refractivity contribution in [1.82, 2.24) is 15.3 Å². The molecule has 0 radical (unpaired) electrons. The van der Waals surface area contributed by atoms with Gasteiger partial charge in [-0.1, -0.05) is 0 Å². The largest absolute Gasteiger partial charge is 0.461 e. The van der Waals surface area contributed by atoms with Crippen molar-refractivity contribution in [3.8, 4) is 0 Å². The minimum Gasteiger partial charge on any atom is -0.461 e. The molecule has 1 aliphatic rings. The summed E-state index contributed by atoms with van der Waals surface area (Å²) < 4.78 is 5.01. The average molecular weight is 259 g/mol. The third kappa shape index (κ3) is 2.05. The predicted molar refractivity (Wildman–Crippen MR) is 67.5 cm³/mol. The summed E-state index contributed by atoms with van der Waals surface area (Å²) in [7, 11) is 0. The molecule has 0 aliphatic carbocycles. The van der Waals surface area contributed by atoms with E-state index in [9.17, 15) is 9.59 Å². The molecule has 0 saturated carbocycles. The van der Waals surface area contributed by atoms with Crippen molar-refractivity contribution in [3.05, 3.63) is 30.1 Å². The number of hydrogen-bond donors (Lipinski definition) is 2. The van der Waals surface area contributed by atoms with Crippen molar-refractivity contribution < 1.29 is 14.3 Å². The monoisotopic (exact) mass is 259 g/mol. The van der Waals surface area contributed by atoms with Crippen LogP contribution < -0.4 is 5.32 Å². The smallest absolute Gasteiger partial charge is 0.329 e. The molecule has 2 aromatic heterocycles. The Morgan fingerprint density at radius 2 is 2.37 bits per heavy atom. The van der Waals surface area contributed by atoms with Crippen LogP contribution in [0.1, 0.15) is 23.7 Å². The van der Waals surface area contributed by atoms with Crippen LogP contribution in [0.2, 0.25) is 0 Å². The van der Waals surface area contributed by atoms with Gasteiger partial charge in [-0.25, -0.2) is 9.78 Å². The lowest BCUT2D eigenvalue weighted by Gasteiger charge is -2.09. The van der Waals surface area contributed by atoms with Crippen molar-refractivity contribution in [1.29, 1.82) is 0 Å². The SMILES string of the molecule is CC1CC(NC(=O)c2ccnc3[nH]ccc23)C(=O)O1. The van der Waals surface area contributed by atoms with E-state index in [1.165, 1.54) is 0 Å². The summed E-state index contributed by atoms with van der Waals surface area (Å²) >= 11 is 0. The summed E-state index contributed by atoms with van der Waals surface area (Å²) in [6, 6.07) is 2.85. The number of aromatic amines is 1. The van der Waals surface area contributed by atoms with Crippen LogP contribution in [0.25, 0.3) is 11.0 Å². The van der Waals surface area contributed by atoms with Crippen molar-refractivity contribution >= 4 is 22.9 Å². The molecular formula is C13H13N3O3. The number of carbonyl (C=O) groups is 2. The quantitative estimate of drug-likeness (QED) is 0.788. The van der Waals surface area contributed by atoms with Gasteiger partial charge in [0, 0.05) is 24.2 Å². The molecule has 19 heavy (non-hydrogen) atoms. The predicted octanol–water partition coefficient (Wildman–Crippen LogP) is 0.997. The van der Waals surface area contributed by atoms with Gasteiger partial charge in [-0.15, -0.1) is 0 Å². The molecule has 0 bridgehead atoms. The summed E-state index contributed by atoms with van der Waals surface area (Å²) in [5, 5.41) is 3.44. The van der Waals surface area contributed by atoms with Gasteiger partial charge in [0.15, 0.2) is 0 Å². The fourth-order valence-electron chi connectivity index (χ4n) is 2.27. The molecule has 6 heteroatoms. The number of rotatable bonds is 2. The molecule has 6 nitrogen and oxygen atoms in total. The second-order valence-corrected chi connectivity index (χ2v) is 4.61. The lowest BCUT2D eigenvalue weighted by Crippen LogP contribution is -2.38. The molecule has 1 amide bonds. The molecule has 2 N–H and O–H groups in total. The Morgan fingerprint density at radius 3 is 3.11 bits per heavy atom. The number of nitrogens with one attached hydrogen (secondary N) is 2. The Balaban J connectivity index is 1.84. The molecular weight excluding hydrogens is 246 g/mol. The third-order valence-electron chi connectivity index (χ3n) is 3.18. The number of pyridine rings is 1. The maximum absolute atomic E-state index is 12.2. The van der Waals surface area contributed by atoms with Gasteiger partial charge in [-0.3, -0.25) is 4.79 Å². The number of aromatic nitrogens is 2. The van der Waals surface area contributed by atoms with Crippen LogP contribution in [0, 0.1) is 0 Å². The number of ether oxygens (including phenoxy) is 1. The lowest BCUT2D eigenvalue weighted by molar-refractivity contribution is -0.142. The molecule has 3 heterocycles. The second-order valence-electron chi connectivity index (χ2n) is 4.61. The first-order chi connectivity index (χ1) is 9.15. The number of carbonyl (C=O) groups excluding carboxylic acids is 2. The third-order valence-corrected chi connectivity index (χ3v) is 3.18. The molecule has 1 saturated heterocycles. The van der Waals surface area contributed by atoms with Crippen LogP contribution in [0.4, 0.5) is 0 Å². The molecule has 1 aliphatic heterocycles. The minimum absolute atomic E-state index is 0.150. The van der Waals surface area contributed by atoms with E-state index >= 15 is 0 Å². The zero-order valence-corrected chi connectivity index (χ0v) is 10.3. The van der Waals surface area contributed by atoms with Gasteiger partial charge in [0.25, 0.3) is 5.91 Å². The molecule has 2 unspecified atom stereocenters. The summed E-state index contributed by atoms with van der Waals surface area (Å²) in [5.41, 5.74) is 1.15. The number of nitrogens with zero attached hydrogens (tertiary/aromatic N) is 1. The number of esters is 1. The standard InChI is InChI=1S/C13H13N3O3/c1-7-6-10(13(18)19-7)16-12(17)9-3-5-15-11-8(9)2-4-14-11/h2-5,7,10H,6H2,1H3,(H,14,15)(H,16,17). The topological polar surface area (TPSA) is 84.1 Å². The number of cyclic esters (lactones) is 1. The minimum atomic E-state index is -0.565. The van der Waals surface area contributed by atoms with Crippen molar-refractivity contribution in [2.24, 2.45) is 0 Å². The van der Waals surface area contributed by atoms with Gasteiger partial charge >= 0.3 is 5.97 Å². The zero-order chi connectivity index (χ0) is 13.4. The lowest BCUT2D eigenvalue weighted by atomic mass is 10.1. The first-order valence-corrected chi connectivity index (χ1v) is 6.08. The molecule has 3 rings (SSSR count). The highest BCUT2D eigenvalue weighted by Crippen LogP contribution is 2.18. The van der Waals surface area contributed by atoms with Gasteiger partial charge in [0.2, 0.25) is 0 Å². The maximum atomic E-state index is 12.2. The van der Waals surface area contributed by atoms with Gasteiger partial charge in [0.05, 0.1) is 5.56 Å². The zero-order valence-electron chi connectivity index (χ0n) is 10.3. The molecule has 98 valence electrons. The number of H-pyrrole nitrogens is 1. The normalized spacial score (nSPS) is 22.5. The van der Waals surface area contributed by atoms with E-state index in [0.29, 0.717) is 17.6 Å². The van der Waals surface area contributed by atoms with Crippen molar-refractivity contribution in [2.75, 3.05) is 0 Å². The van der Waals surface area contributed by atoms with E-state index in [4.69, 9.17) is 4.74 Å². The van der Waals surface area contributed by atoms with Gasteiger partial charge in [-0.2, -0.15) is 0 Å². The number of fused-ring (bicyclic) bond motifs is 1. The first-order valence-electron chi connectivity index (χ1n) is 6.08. The van der Waals surface area contributed by atoms with Gasteiger partial charge in [-0.05, 0) is 19.1 Å². The van der Waals surface area contributed by atoms with Crippen LogP contribution in [-0.2, 0) is 9.53 Å². The van der Waals surface area contributed by atoms with E-state index < -0.39 is 6.04 Å². The van der Waals surface area contributed by atoms with E-state index in [2.05, 4.69) is 15.3 Å². The Labute approximate surface area is 109 Å².